The molecule has 0 saturated heterocycles. The van der Waals surface area contributed by atoms with Gasteiger partial charge < -0.3 is 16.0 Å². The molecular formula is C22H20N4O. The van der Waals surface area contributed by atoms with Crippen LogP contribution in [-0.4, -0.2) is 16.5 Å². The summed E-state index contributed by atoms with van der Waals surface area (Å²) in [5, 5.41) is 3.46. The summed E-state index contributed by atoms with van der Waals surface area (Å²) in [7, 11) is 0. The highest BCUT2D eigenvalue weighted by molar-refractivity contribution is 5.86. The first-order valence-electron chi connectivity index (χ1n) is 8.83. The van der Waals surface area contributed by atoms with Crippen LogP contribution in [0.25, 0.3) is 11.0 Å². The number of hydrogen-bond acceptors (Lipinski definition) is 4. The Morgan fingerprint density at radius 2 is 1.59 bits per heavy atom. The van der Waals surface area contributed by atoms with Gasteiger partial charge in [-0.1, -0.05) is 60.7 Å². The molecule has 4 aromatic rings. The van der Waals surface area contributed by atoms with Gasteiger partial charge in [-0.25, -0.2) is 4.98 Å². The van der Waals surface area contributed by atoms with Crippen molar-refractivity contribution < 1.29 is 0 Å². The highest BCUT2D eigenvalue weighted by atomic mass is 16.1. The molecule has 0 aliphatic heterocycles. The Morgan fingerprint density at radius 1 is 0.963 bits per heavy atom. The molecule has 0 spiro atoms. The summed E-state index contributed by atoms with van der Waals surface area (Å²) in [6, 6.07) is 24.4. The lowest BCUT2D eigenvalue weighted by atomic mass is 9.91. The largest absolute Gasteiger partial charge is 0.397 e. The third-order valence-electron chi connectivity index (χ3n) is 4.65. The fraction of sp³-hybridized carbons (Fsp3) is 0.0909. The van der Waals surface area contributed by atoms with Crippen LogP contribution < -0.4 is 16.6 Å². The smallest absolute Gasteiger partial charge is 0.266 e. The second-order valence-corrected chi connectivity index (χ2v) is 6.46. The average molecular weight is 356 g/mol. The van der Waals surface area contributed by atoms with Crippen molar-refractivity contribution in [2.75, 3.05) is 17.6 Å². The van der Waals surface area contributed by atoms with Gasteiger partial charge in [0.25, 0.3) is 5.56 Å². The molecule has 5 nitrogen and oxygen atoms in total. The number of rotatable bonds is 5. The van der Waals surface area contributed by atoms with Crippen LogP contribution in [0.1, 0.15) is 17.0 Å². The number of aromatic amines is 1. The van der Waals surface area contributed by atoms with E-state index in [9.17, 15) is 4.79 Å². The van der Waals surface area contributed by atoms with Gasteiger partial charge in [0.2, 0.25) is 0 Å². The third-order valence-corrected chi connectivity index (χ3v) is 4.65. The Bertz CT molecular complexity index is 1070. The summed E-state index contributed by atoms with van der Waals surface area (Å²) in [4.78, 5) is 18.4. The summed E-state index contributed by atoms with van der Waals surface area (Å²) in [6.07, 6.45) is 1.28. The summed E-state index contributed by atoms with van der Waals surface area (Å²) in [5.74, 6) is 0.186. The molecule has 0 aliphatic rings. The second kappa shape index (κ2) is 7.33. The number of nitrogen functional groups attached to an aromatic ring is 1. The van der Waals surface area contributed by atoms with Gasteiger partial charge in [-0.3, -0.25) is 4.79 Å². The minimum absolute atomic E-state index is 0.186. The molecular weight excluding hydrogens is 336 g/mol. The Morgan fingerprint density at radius 3 is 2.22 bits per heavy atom. The first-order valence-corrected chi connectivity index (χ1v) is 8.83. The van der Waals surface area contributed by atoms with Crippen LogP contribution in [0.3, 0.4) is 0 Å². The maximum atomic E-state index is 11.4. The number of aromatic nitrogens is 2. The molecule has 0 atom stereocenters. The van der Waals surface area contributed by atoms with Crippen LogP contribution in [0.15, 0.2) is 83.8 Å². The molecule has 4 N–H and O–H groups in total. The lowest BCUT2D eigenvalue weighted by Gasteiger charge is -2.20. The maximum Gasteiger partial charge on any atom is 0.266 e. The lowest BCUT2D eigenvalue weighted by molar-refractivity contribution is 0.853. The van der Waals surface area contributed by atoms with Crippen molar-refractivity contribution in [3.8, 4) is 0 Å². The van der Waals surface area contributed by atoms with Gasteiger partial charge in [0, 0.05) is 12.5 Å². The normalized spacial score (nSPS) is 11.0. The first-order chi connectivity index (χ1) is 13.2. The molecule has 27 heavy (non-hydrogen) atoms. The summed E-state index contributed by atoms with van der Waals surface area (Å²) >= 11 is 0. The molecule has 5 heteroatoms. The number of nitrogens with two attached hydrogens (primary N) is 1. The SMILES string of the molecule is Nc1cc2[nH]c(=O)cnc2cc1NCC(c1ccccc1)c1ccccc1. The van der Waals surface area contributed by atoms with Crippen molar-refractivity contribution in [1.29, 1.82) is 0 Å². The first kappa shape index (κ1) is 16.8. The molecule has 0 bridgehead atoms. The Balaban J connectivity index is 1.65. The quantitative estimate of drug-likeness (QED) is 0.476. The Kier molecular flexibility index (Phi) is 4.58. The lowest BCUT2D eigenvalue weighted by Crippen LogP contribution is -2.15. The molecule has 0 saturated carbocycles. The third kappa shape index (κ3) is 3.67. The van der Waals surface area contributed by atoms with Gasteiger partial charge in [-0.15, -0.1) is 0 Å². The number of nitrogens with zero attached hydrogens (tertiary/aromatic N) is 1. The molecule has 0 unspecified atom stereocenters. The molecule has 0 fully saturated rings. The van der Waals surface area contributed by atoms with Crippen LogP contribution in [0.4, 0.5) is 11.4 Å². The highest BCUT2D eigenvalue weighted by Crippen LogP contribution is 2.28. The Hall–Kier alpha value is -3.60. The van der Waals surface area contributed by atoms with Crippen LogP contribution in [0.5, 0.6) is 0 Å². The van der Waals surface area contributed by atoms with Gasteiger partial charge in [-0.05, 0) is 23.3 Å². The van der Waals surface area contributed by atoms with Gasteiger partial charge in [0.05, 0.1) is 28.6 Å². The van der Waals surface area contributed by atoms with E-state index in [0.717, 1.165) is 5.69 Å². The molecule has 3 aromatic carbocycles. The van der Waals surface area contributed by atoms with Crippen molar-refractivity contribution in [2.24, 2.45) is 0 Å². The van der Waals surface area contributed by atoms with Gasteiger partial charge >= 0.3 is 0 Å². The van der Waals surface area contributed by atoms with Crippen LogP contribution in [0, 0.1) is 0 Å². The fourth-order valence-corrected chi connectivity index (χ4v) is 3.27. The van der Waals surface area contributed by atoms with Gasteiger partial charge in [0.15, 0.2) is 0 Å². The fourth-order valence-electron chi connectivity index (χ4n) is 3.27. The van der Waals surface area contributed by atoms with E-state index in [2.05, 4.69) is 63.8 Å². The van der Waals surface area contributed by atoms with Gasteiger partial charge in [-0.2, -0.15) is 0 Å². The zero-order chi connectivity index (χ0) is 18.6. The molecule has 1 heterocycles. The number of benzene rings is 3. The molecule has 0 amide bonds. The van der Waals surface area contributed by atoms with Crippen LogP contribution in [0.2, 0.25) is 0 Å². The van der Waals surface area contributed by atoms with E-state index in [0.29, 0.717) is 23.3 Å². The minimum atomic E-state index is -0.240. The van der Waals surface area contributed by atoms with E-state index in [-0.39, 0.29) is 11.5 Å². The van der Waals surface area contributed by atoms with Crippen molar-refractivity contribution in [1.82, 2.24) is 9.97 Å². The average Bonchev–Trinajstić information content (AvgIpc) is 2.70. The van der Waals surface area contributed by atoms with Crippen molar-refractivity contribution in [3.05, 3.63) is 100 Å². The molecule has 4 rings (SSSR count). The number of hydrogen-bond donors (Lipinski definition) is 3. The molecule has 1 aromatic heterocycles. The van der Waals surface area contributed by atoms with E-state index >= 15 is 0 Å². The zero-order valence-corrected chi connectivity index (χ0v) is 14.7. The summed E-state index contributed by atoms with van der Waals surface area (Å²) in [5.41, 5.74) is 11.1. The monoisotopic (exact) mass is 356 g/mol. The van der Waals surface area contributed by atoms with E-state index in [1.54, 1.807) is 6.07 Å². The van der Waals surface area contributed by atoms with E-state index in [4.69, 9.17) is 5.73 Å². The Labute approximate surface area is 156 Å². The topological polar surface area (TPSA) is 83.8 Å². The predicted molar refractivity (Wildman–Crippen MR) is 110 cm³/mol. The van der Waals surface area contributed by atoms with Crippen molar-refractivity contribution >= 4 is 22.4 Å². The van der Waals surface area contributed by atoms with E-state index in [1.807, 2.05) is 18.2 Å². The number of fused-ring (bicyclic) bond motifs is 1. The summed E-state index contributed by atoms with van der Waals surface area (Å²) < 4.78 is 0. The number of anilines is 2. The van der Waals surface area contributed by atoms with Gasteiger partial charge in [0.1, 0.15) is 0 Å². The standard InChI is InChI=1S/C22H20N4O/c23-18-11-21-20(25-14-22(27)26-21)12-19(18)24-13-17(15-7-3-1-4-8-15)16-9-5-2-6-10-16/h1-12,14,17,24H,13,23H2,(H,26,27). The number of H-pyrrole nitrogens is 1. The number of nitrogens with one attached hydrogen (secondary N) is 2. The zero-order valence-electron chi connectivity index (χ0n) is 14.7. The molecule has 0 radical (unpaired) electrons. The van der Waals surface area contributed by atoms with Crippen molar-refractivity contribution in [2.45, 2.75) is 5.92 Å². The molecule has 0 aliphatic carbocycles. The second-order valence-electron chi connectivity index (χ2n) is 6.46. The maximum absolute atomic E-state index is 11.4. The molecule has 134 valence electrons. The van der Waals surface area contributed by atoms with Crippen LogP contribution in [-0.2, 0) is 0 Å². The van der Waals surface area contributed by atoms with E-state index in [1.165, 1.54) is 17.3 Å². The highest BCUT2D eigenvalue weighted by Gasteiger charge is 2.14. The minimum Gasteiger partial charge on any atom is -0.397 e. The van der Waals surface area contributed by atoms with Crippen molar-refractivity contribution in [3.63, 3.8) is 0 Å². The van der Waals surface area contributed by atoms with Crippen LogP contribution >= 0.6 is 0 Å². The predicted octanol–water partition coefficient (Wildman–Crippen LogP) is 3.75. The summed E-state index contributed by atoms with van der Waals surface area (Å²) in [6.45, 7) is 0.688. The van der Waals surface area contributed by atoms with E-state index < -0.39 is 0 Å².